The van der Waals surface area contributed by atoms with Gasteiger partial charge in [0.25, 0.3) is 0 Å². The van der Waals surface area contributed by atoms with Crippen LogP contribution in [0.15, 0.2) is 24.3 Å². The van der Waals surface area contributed by atoms with Crippen molar-refractivity contribution in [3.63, 3.8) is 0 Å². The molecule has 0 spiro atoms. The van der Waals surface area contributed by atoms with Gasteiger partial charge in [-0.2, -0.15) is 0 Å². The summed E-state index contributed by atoms with van der Waals surface area (Å²) in [7, 11) is 0. The van der Waals surface area contributed by atoms with Crippen molar-refractivity contribution in [3.8, 4) is 0 Å². The Balaban J connectivity index is 1.96. The monoisotopic (exact) mass is 275 g/mol. The van der Waals surface area contributed by atoms with E-state index in [1.807, 2.05) is 38.1 Å². The lowest BCUT2D eigenvalue weighted by atomic mass is 10.0. The Labute approximate surface area is 119 Å². The summed E-state index contributed by atoms with van der Waals surface area (Å²) in [6.07, 6.45) is 2.03. The first-order chi connectivity index (χ1) is 9.54. The molecule has 1 aliphatic carbocycles. The van der Waals surface area contributed by atoms with Gasteiger partial charge in [-0.1, -0.05) is 37.6 Å². The molecule has 20 heavy (non-hydrogen) atoms. The van der Waals surface area contributed by atoms with E-state index in [1.165, 1.54) is 11.1 Å². The normalized spacial score (nSPS) is 22.1. The Morgan fingerprint density at radius 1 is 1.40 bits per heavy atom. The van der Waals surface area contributed by atoms with Crippen LogP contribution in [0.3, 0.4) is 0 Å². The summed E-state index contributed by atoms with van der Waals surface area (Å²) in [5, 5.41) is 11.7. The fraction of sp³-hybridized carbons (Fsp3) is 0.500. The summed E-state index contributed by atoms with van der Waals surface area (Å²) in [6, 6.07) is 7.30. The molecule has 0 saturated heterocycles. The number of hydrogen-bond acceptors (Lipinski definition) is 2. The summed E-state index contributed by atoms with van der Waals surface area (Å²) >= 11 is 0. The highest BCUT2D eigenvalue weighted by molar-refractivity contribution is 5.87. The third kappa shape index (κ3) is 3.18. The number of amides is 1. The lowest BCUT2D eigenvalue weighted by Crippen LogP contribution is -2.41. The van der Waals surface area contributed by atoms with Crippen LogP contribution in [-0.4, -0.2) is 23.0 Å². The van der Waals surface area contributed by atoms with Gasteiger partial charge in [-0.15, -0.1) is 0 Å². The number of carbonyl (C=O) groups is 2. The van der Waals surface area contributed by atoms with Gasteiger partial charge in [0, 0.05) is 5.92 Å². The fourth-order valence-corrected chi connectivity index (χ4v) is 2.66. The molecule has 0 heterocycles. The number of carboxylic acids is 1. The van der Waals surface area contributed by atoms with E-state index in [9.17, 15) is 9.59 Å². The Kier molecular flexibility index (Phi) is 4.42. The number of carbonyl (C=O) groups excluding carboxylic acids is 1. The molecule has 0 radical (unpaired) electrons. The lowest BCUT2D eigenvalue weighted by molar-refractivity contribution is -0.142. The quantitative estimate of drug-likeness (QED) is 0.838. The van der Waals surface area contributed by atoms with Gasteiger partial charge in [-0.05, 0) is 36.8 Å². The Morgan fingerprint density at radius 3 is 2.70 bits per heavy atom. The number of hydrogen-bond donors (Lipinski definition) is 2. The van der Waals surface area contributed by atoms with Gasteiger partial charge in [0.15, 0.2) is 0 Å². The molecular formula is C16H21NO3. The molecule has 1 saturated carbocycles. The van der Waals surface area contributed by atoms with Crippen LogP contribution in [0.1, 0.15) is 43.2 Å². The zero-order valence-corrected chi connectivity index (χ0v) is 11.9. The largest absolute Gasteiger partial charge is 0.480 e. The van der Waals surface area contributed by atoms with E-state index >= 15 is 0 Å². The average molecular weight is 275 g/mol. The van der Waals surface area contributed by atoms with E-state index in [2.05, 4.69) is 5.32 Å². The highest BCUT2D eigenvalue weighted by Gasteiger charge is 2.45. The van der Waals surface area contributed by atoms with Crippen molar-refractivity contribution in [3.05, 3.63) is 35.4 Å². The fourth-order valence-electron chi connectivity index (χ4n) is 2.66. The molecule has 0 aliphatic heterocycles. The number of rotatable bonds is 6. The summed E-state index contributed by atoms with van der Waals surface area (Å²) in [5.41, 5.74) is 2.39. The minimum atomic E-state index is -0.951. The summed E-state index contributed by atoms with van der Waals surface area (Å²) < 4.78 is 0. The van der Waals surface area contributed by atoms with E-state index in [1.54, 1.807) is 0 Å². The Hall–Kier alpha value is -1.84. The van der Waals surface area contributed by atoms with E-state index < -0.39 is 12.0 Å². The van der Waals surface area contributed by atoms with Crippen molar-refractivity contribution < 1.29 is 14.7 Å². The summed E-state index contributed by atoms with van der Waals surface area (Å²) in [6.45, 7) is 3.95. The topological polar surface area (TPSA) is 66.4 Å². The van der Waals surface area contributed by atoms with E-state index in [0.717, 1.165) is 12.8 Å². The number of nitrogens with one attached hydrogen (secondary N) is 1. The standard InChI is InChI=1S/C16H21NO3/c1-3-6-14(16(19)20)17-15(18)13-9-12(13)11-8-5-4-7-10(11)2/h4-5,7-8,12-14H,3,6,9H2,1-2H3,(H,17,18)(H,19,20). The van der Waals surface area contributed by atoms with Gasteiger partial charge in [0.05, 0.1) is 0 Å². The van der Waals surface area contributed by atoms with Crippen molar-refractivity contribution in [2.75, 3.05) is 0 Å². The lowest BCUT2D eigenvalue weighted by Gasteiger charge is -2.13. The highest BCUT2D eigenvalue weighted by atomic mass is 16.4. The molecule has 0 bridgehead atoms. The molecule has 1 aromatic rings. The molecule has 2 N–H and O–H groups in total. The first-order valence-corrected chi connectivity index (χ1v) is 7.13. The van der Waals surface area contributed by atoms with Crippen LogP contribution >= 0.6 is 0 Å². The second-order valence-electron chi connectivity index (χ2n) is 5.49. The Morgan fingerprint density at radius 2 is 2.10 bits per heavy atom. The first-order valence-electron chi connectivity index (χ1n) is 7.13. The van der Waals surface area contributed by atoms with Gasteiger partial charge < -0.3 is 10.4 Å². The van der Waals surface area contributed by atoms with Gasteiger partial charge >= 0.3 is 5.97 Å². The van der Waals surface area contributed by atoms with Crippen LogP contribution in [0.25, 0.3) is 0 Å². The van der Waals surface area contributed by atoms with Crippen LogP contribution in [0.5, 0.6) is 0 Å². The average Bonchev–Trinajstić information content (AvgIpc) is 3.18. The molecule has 1 aliphatic rings. The molecule has 4 heteroatoms. The third-order valence-electron chi connectivity index (χ3n) is 3.91. The molecule has 3 unspecified atom stereocenters. The first kappa shape index (κ1) is 14.6. The van der Waals surface area contributed by atoms with Crippen molar-refractivity contribution in [2.45, 2.75) is 45.1 Å². The second kappa shape index (κ2) is 6.07. The van der Waals surface area contributed by atoms with E-state index in [4.69, 9.17) is 5.11 Å². The second-order valence-corrected chi connectivity index (χ2v) is 5.49. The molecule has 1 fully saturated rings. The van der Waals surface area contributed by atoms with E-state index in [0.29, 0.717) is 6.42 Å². The van der Waals surface area contributed by atoms with Crippen molar-refractivity contribution >= 4 is 11.9 Å². The number of benzene rings is 1. The molecular weight excluding hydrogens is 254 g/mol. The van der Waals surface area contributed by atoms with Gasteiger partial charge in [0.2, 0.25) is 5.91 Å². The van der Waals surface area contributed by atoms with Gasteiger partial charge in [-0.3, -0.25) is 4.79 Å². The van der Waals surface area contributed by atoms with E-state index in [-0.39, 0.29) is 17.7 Å². The van der Waals surface area contributed by atoms with Crippen LogP contribution in [0.2, 0.25) is 0 Å². The molecule has 1 aromatic carbocycles. The van der Waals surface area contributed by atoms with Crippen LogP contribution in [0.4, 0.5) is 0 Å². The van der Waals surface area contributed by atoms with Crippen molar-refractivity contribution in [2.24, 2.45) is 5.92 Å². The SMILES string of the molecule is CCCC(NC(=O)C1CC1c1ccccc1C)C(=O)O. The maximum absolute atomic E-state index is 12.1. The molecule has 0 aromatic heterocycles. The molecule has 3 atom stereocenters. The maximum Gasteiger partial charge on any atom is 0.326 e. The molecule has 2 rings (SSSR count). The molecule has 4 nitrogen and oxygen atoms in total. The number of carboxylic acid groups (broad SMARTS) is 1. The van der Waals surface area contributed by atoms with Crippen LogP contribution in [0, 0.1) is 12.8 Å². The van der Waals surface area contributed by atoms with Crippen LogP contribution in [-0.2, 0) is 9.59 Å². The Bertz CT molecular complexity index is 512. The molecule has 108 valence electrons. The van der Waals surface area contributed by atoms with Gasteiger partial charge in [-0.25, -0.2) is 4.79 Å². The van der Waals surface area contributed by atoms with Gasteiger partial charge in [0.1, 0.15) is 6.04 Å². The zero-order chi connectivity index (χ0) is 14.7. The highest BCUT2D eigenvalue weighted by Crippen LogP contribution is 2.48. The number of aryl methyl sites for hydroxylation is 1. The summed E-state index contributed by atoms with van der Waals surface area (Å²) in [5.74, 6) is -0.908. The number of aliphatic carboxylic acids is 1. The van der Waals surface area contributed by atoms with Crippen molar-refractivity contribution in [1.82, 2.24) is 5.32 Å². The zero-order valence-electron chi connectivity index (χ0n) is 11.9. The third-order valence-corrected chi connectivity index (χ3v) is 3.91. The predicted molar refractivity (Wildman–Crippen MR) is 76.5 cm³/mol. The molecule has 1 amide bonds. The maximum atomic E-state index is 12.1. The van der Waals surface area contributed by atoms with Crippen LogP contribution < -0.4 is 5.32 Å². The summed E-state index contributed by atoms with van der Waals surface area (Å²) in [4.78, 5) is 23.2. The predicted octanol–water partition coefficient (Wildman–Crippen LogP) is 2.47. The minimum Gasteiger partial charge on any atom is -0.480 e. The van der Waals surface area contributed by atoms with Crippen molar-refractivity contribution in [1.29, 1.82) is 0 Å². The smallest absolute Gasteiger partial charge is 0.326 e. The minimum absolute atomic E-state index is 0.0743.